The average Bonchev–Trinajstić information content (AvgIpc) is 2.60. The van der Waals surface area contributed by atoms with Gasteiger partial charge in [0.25, 0.3) is 10.0 Å². The van der Waals surface area contributed by atoms with Crippen molar-refractivity contribution in [1.29, 1.82) is 0 Å². The molecule has 0 aliphatic carbocycles. The molecule has 10 heteroatoms. The van der Waals surface area contributed by atoms with Crippen molar-refractivity contribution in [3.8, 4) is 0 Å². The van der Waals surface area contributed by atoms with E-state index < -0.39 is 22.0 Å². The molecule has 0 unspecified atom stereocenters. The van der Waals surface area contributed by atoms with Gasteiger partial charge in [-0.05, 0) is 30.3 Å². The summed E-state index contributed by atoms with van der Waals surface area (Å²) in [4.78, 5) is 30.2. The first-order chi connectivity index (χ1) is 12.3. The number of benzene rings is 2. The fourth-order valence-corrected chi connectivity index (χ4v) is 3.57. The van der Waals surface area contributed by atoms with Gasteiger partial charge in [-0.2, -0.15) is 0 Å². The van der Waals surface area contributed by atoms with Gasteiger partial charge < -0.3 is 10.2 Å². The van der Waals surface area contributed by atoms with Crippen LogP contribution in [0, 0.1) is 0 Å². The minimum Gasteiger partial charge on any atom is -0.478 e. The minimum absolute atomic E-state index is 0.105. The van der Waals surface area contributed by atoms with Gasteiger partial charge in [-0.25, -0.2) is 18.0 Å². The van der Waals surface area contributed by atoms with Crippen LogP contribution in [0.25, 0.3) is 11.0 Å². The summed E-state index contributed by atoms with van der Waals surface area (Å²) in [7, 11) is -4.25. The Bertz CT molecular complexity index is 1140. The molecule has 0 atom stereocenters. The Morgan fingerprint density at radius 1 is 0.962 bits per heavy atom. The maximum absolute atomic E-state index is 12.8. The highest BCUT2D eigenvalue weighted by Gasteiger charge is 2.22. The largest absolute Gasteiger partial charge is 0.478 e. The lowest BCUT2D eigenvalue weighted by Gasteiger charge is -2.12. The van der Waals surface area contributed by atoms with Crippen molar-refractivity contribution in [3.63, 3.8) is 0 Å². The topological polar surface area (TPSA) is 147 Å². The molecular formula is C16H11N3O6S. The molecule has 0 bridgehead atoms. The first-order valence-electron chi connectivity index (χ1n) is 7.13. The van der Waals surface area contributed by atoms with Crippen molar-refractivity contribution in [2.75, 3.05) is 4.72 Å². The Hall–Kier alpha value is -3.53. The van der Waals surface area contributed by atoms with Gasteiger partial charge >= 0.3 is 11.9 Å². The summed E-state index contributed by atoms with van der Waals surface area (Å²) in [6.45, 7) is 0. The van der Waals surface area contributed by atoms with Gasteiger partial charge in [0.05, 0.1) is 22.3 Å². The van der Waals surface area contributed by atoms with Gasteiger partial charge in [0, 0.05) is 12.4 Å². The molecule has 26 heavy (non-hydrogen) atoms. The Labute approximate surface area is 147 Å². The second-order valence-electron chi connectivity index (χ2n) is 5.16. The van der Waals surface area contributed by atoms with Crippen LogP contribution in [0.2, 0.25) is 0 Å². The molecule has 3 N–H and O–H groups in total. The van der Waals surface area contributed by atoms with Crippen LogP contribution in [0.1, 0.15) is 20.7 Å². The van der Waals surface area contributed by atoms with Crippen LogP contribution in [-0.4, -0.2) is 40.5 Å². The number of nitrogens with zero attached hydrogens (tertiary/aromatic N) is 2. The van der Waals surface area contributed by atoms with E-state index in [4.69, 9.17) is 5.11 Å². The monoisotopic (exact) mass is 373 g/mol. The molecule has 1 heterocycles. The quantitative estimate of drug-likeness (QED) is 0.614. The highest BCUT2D eigenvalue weighted by molar-refractivity contribution is 7.93. The van der Waals surface area contributed by atoms with Gasteiger partial charge in [0.1, 0.15) is 10.4 Å². The normalized spacial score (nSPS) is 11.2. The third kappa shape index (κ3) is 3.17. The molecule has 3 rings (SSSR count). The summed E-state index contributed by atoms with van der Waals surface area (Å²) in [5.41, 5.74) is -0.560. The van der Waals surface area contributed by atoms with Gasteiger partial charge in [0.2, 0.25) is 0 Å². The number of anilines is 1. The van der Waals surface area contributed by atoms with Crippen LogP contribution in [0.15, 0.2) is 53.7 Å². The van der Waals surface area contributed by atoms with E-state index in [1.54, 1.807) is 6.07 Å². The molecule has 0 saturated carbocycles. The average molecular weight is 373 g/mol. The summed E-state index contributed by atoms with van der Waals surface area (Å²) in [6, 6.07) is 7.38. The van der Waals surface area contributed by atoms with E-state index in [0.717, 1.165) is 18.2 Å². The fraction of sp³-hybridized carbons (Fsp3) is 0. The third-order valence-corrected chi connectivity index (χ3v) is 4.89. The molecule has 0 saturated heterocycles. The summed E-state index contributed by atoms with van der Waals surface area (Å²) < 4.78 is 27.6. The van der Waals surface area contributed by atoms with Gasteiger partial charge in [-0.3, -0.25) is 14.7 Å². The molecule has 0 fully saturated rings. The second kappa shape index (κ2) is 6.41. The maximum atomic E-state index is 12.8. The molecule has 0 amide bonds. The van der Waals surface area contributed by atoms with E-state index in [-0.39, 0.29) is 27.2 Å². The number of sulfonamides is 1. The number of para-hydroxylation sites is 1. The van der Waals surface area contributed by atoms with Crippen molar-refractivity contribution in [2.45, 2.75) is 4.90 Å². The number of aromatic nitrogens is 2. The molecular weight excluding hydrogens is 362 g/mol. The number of carbonyl (C=O) groups is 2. The maximum Gasteiger partial charge on any atom is 0.337 e. The molecule has 3 aromatic rings. The van der Waals surface area contributed by atoms with Crippen molar-refractivity contribution in [1.82, 2.24) is 9.97 Å². The van der Waals surface area contributed by atoms with E-state index in [9.17, 15) is 23.1 Å². The number of fused-ring (bicyclic) bond motifs is 1. The van der Waals surface area contributed by atoms with E-state index in [1.165, 1.54) is 24.5 Å². The Kier molecular flexibility index (Phi) is 4.26. The number of aromatic carboxylic acids is 2. The molecule has 2 aromatic carbocycles. The zero-order valence-corrected chi connectivity index (χ0v) is 13.8. The highest BCUT2D eigenvalue weighted by Crippen LogP contribution is 2.25. The number of carboxylic acid groups (broad SMARTS) is 2. The number of hydrogen-bond donors (Lipinski definition) is 3. The lowest BCUT2D eigenvalue weighted by Crippen LogP contribution is -2.17. The molecule has 0 aliphatic heterocycles. The van der Waals surface area contributed by atoms with Crippen molar-refractivity contribution >= 4 is 38.7 Å². The van der Waals surface area contributed by atoms with E-state index >= 15 is 0 Å². The van der Waals surface area contributed by atoms with Crippen LogP contribution in [0.5, 0.6) is 0 Å². The van der Waals surface area contributed by atoms with Gasteiger partial charge in [-0.15, -0.1) is 0 Å². The first kappa shape index (κ1) is 17.3. The Balaban J connectivity index is 2.14. The molecule has 0 aliphatic rings. The predicted molar refractivity (Wildman–Crippen MR) is 90.7 cm³/mol. The minimum atomic E-state index is -4.25. The first-order valence-corrected chi connectivity index (χ1v) is 8.61. The summed E-state index contributed by atoms with van der Waals surface area (Å²) in [6.07, 6.45) is 2.74. The number of nitrogens with one attached hydrogen (secondary N) is 1. The van der Waals surface area contributed by atoms with Gasteiger partial charge in [-0.1, -0.05) is 6.07 Å². The van der Waals surface area contributed by atoms with Crippen molar-refractivity contribution in [3.05, 3.63) is 59.9 Å². The summed E-state index contributed by atoms with van der Waals surface area (Å²) in [5, 5.41) is 18.3. The van der Waals surface area contributed by atoms with Crippen LogP contribution in [-0.2, 0) is 10.0 Å². The molecule has 132 valence electrons. The summed E-state index contributed by atoms with van der Waals surface area (Å²) >= 11 is 0. The number of hydrogen-bond acceptors (Lipinski definition) is 6. The summed E-state index contributed by atoms with van der Waals surface area (Å²) in [5.74, 6) is -2.73. The lowest BCUT2D eigenvalue weighted by molar-refractivity contribution is 0.0682. The standard InChI is InChI=1S/C16H11N3O6S/c20-15(21)9-4-5-10(16(22)23)12(8-9)19-26(24,25)13-3-1-2-11-14(13)18-7-6-17-11/h1-8,19H,(H,20,21)(H,22,23). The predicted octanol–water partition coefficient (Wildman–Crippen LogP) is 1.83. The SMILES string of the molecule is O=C(O)c1ccc(C(=O)O)c(NS(=O)(=O)c2cccc3nccnc23)c1. The number of carboxylic acids is 2. The van der Waals surface area contributed by atoms with E-state index in [2.05, 4.69) is 14.7 Å². The number of rotatable bonds is 5. The lowest BCUT2D eigenvalue weighted by atomic mass is 10.1. The van der Waals surface area contributed by atoms with Crippen LogP contribution >= 0.6 is 0 Å². The highest BCUT2D eigenvalue weighted by atomic mass is 32.2. The smallest absolute Gasteiger partial charge is 0.337 e. The molecule has 9 nitrogen and oxygen atoms in total. The van der Waals surface area contributed by atoms with Gasteiger partial charge in [0.15, 0.2) is 0 Å². The van der Waals surface area contributed by atoms with E-state index in [0.29, 0.717) is 5.52 Å². The zero-order valence-electron chi connectivity index (χ0n) is 12.9. The van der Waals surface area contributed by atoms with Crippen LogP contribution < -0.4 is 4.72 Å². The fourth-order valence-electron chi connectivity index (χ4n) is 2.33. The van der Waals surface area contributed by atoms with Crippen LogP contribution in [0.3, 0.4) is 0 Å². The zero-order chi connectivity index (χ0) is 18.9. The van der Waals surface area contributed by atoms with E-state index in [1.807, 2.05) is 0 Å². The Morgan fingerprint density at radius 3 is 2.38 bits per heavy atom. The van der Waals surface area contributed by atoms with Crippen LogP contribution in [0.4, 0.5) is 5.69 Å². The second-order valence-corrected chi connectivity index (χ2v) is 6.81. The molecule has 0 radical (unpaired) electrons. The Morgan fingerprint density at radius 2 is 1.69 bits per heavy atom. The molecule has 0 spiro atoms. The third-order valence-electron chi connectivity index (χ3n) is 3.49. The molecule has 1 aromatic heterocycles. The van der Waals surface area contributed by atoms with Crippen molar-refractivity contribution < 1.29 is 28.2 Å². The van der Waals surface area contributed by atoms with Crippen molar-refractivity contribution in [2.24, 2.45) is 0 Å².